The molecule has 0 radical (unpaired) electrons. The largest absolute Gasteiger partial charge is 0.493 e. The highest BCUT2D eigenvalue weighted by atomic mass is 32.2. The molecule has 0 saturated carbocycles. The average molecular weight is 832 g/mol. The molecule has 5 N–H and O–H groups in total. The second-order valence-corrected chi connectivity index (χ2v) is 14.5. The Kier molecular flexibility index (Phi) is 22.3. The number of rotatable bonds is 32. The maximum Gasteiger partial charge on any atom is 0.329 e. The van der Waals surface area contributed by atoms with Gasteiger partial charge >= 0.3 is 11.9 Å². The first-order valence-corrected chi connectivity index (χ1v) is 20.4. The van der Waals surface area contributed by atoms with Gasteiger partial charge in [-0.2, -0.15) is 0 Å². The molecule has 58 heavy (non-hydrogen) atoms. The summed E-state index contributed by atoms with van der Waals surface area (Å²) in [5, 5.41) is 22.4. The first-order valence-electron chi connectivity index (χ1n) is 19.0. The van der Waals surface area contributed by atoms with Crippen LogP contribution in [0.4, 0.5) is 5.95 Å². The molecule has 0 fully saturated rings. The number of sulfonamides is 1. The van der Waals surface area contributed by atoms with E-state index in [2.05, 4.69) is 49.6 Å². The van der Waals surface area contributed by atoms with Crippen LogP contribution < -0.4 is 20.1 Å². The van der Waals surface area contributed by atoms with E-state index in [0.29, 0.717) is 18.8 Å². The summed E-state index contributed by atoms with van der Waals surface area (Å²) in [6.07, 6.45) is 9.17. The van der Waals surface area contributed by atoms with E-state index in [1.165, 1.54) is 30.1 Å². The molecule has 1 heterocycles. The third-order valence-electron chi connectivity index (χ3n) is 8.12. The number of anilines is 1. The van der Waals surface area contributed by atoms with Crippen molar-refractivity contribution in [3.63, 3.8) is 0 Å². The van der Waals surface area contributed by atoms with Gasteiger partial charge in [-0.3, -0.25) is 14.4 Å². The summed E-state index contributed by atoms with van der Waals surface area (Å²) in [5.74, 6) is -2.30. The van der Waals surface area contributed by atoms with Gasteiger partial charge in [-0.15, -0.1) is 0 Å². The molecule has 0 unspecified atom stereocenters. The first kappa shape index (κ1) is 47.2. The molecule has 3 aromatic rings. The number of carbonyl (C=O) groups excluding carboxylic acids is 2. The third-order valence-corrected chi connectivity index (χ3v) is 9.46. The maximum atomic E-state index is 12.9. The zero-order chi connectivity index (χ0) is 41.9. The molecule has 2 amide bonds. The van der Waals surface area contributed by atoms with Gasteiger partial charge in [0.05, 0.1) is 56.7 Å². The van der Waals surface area contributed by atoms with Gasteiger partial charge in [-0.1, -0.05) is 43.5 Å². The van der Waals surface area contributed by atoms with Crippen molar-refractivity contribution in [1.82, 2.24) is 20.6 Å². The summed E-state index contributed by atoms with van der Waals surface area (Å²) in [6, 6.07) is 14.3. The van der Waals surface area contributed by atoms with Crippen LogP contribution >= 0.6 is 0 Å². The summed E-state index contributed by atoms with van der Waals surface area (Å²) < 4.78 is 54.6. The van der Waals surface area contributed by atoms with E-state index in [-0.39, 0.29) is 88.1 Å². The molecule has 0 aliphatic carbocycles. The third kappa shape index (κ3) is 20.8. The van der Waals surface area contributed by atoms with Crippen molar-refractivity contribution in [2.75, 3.05) is 77.3 Å². The monoisotopic (exact) mass is 831 g/mol. The van der Waals surface area contributed by atoms with Gasteiger partial charge in [-0.25, -0.2) is 27.9 Å². The number of unbranched alkanes of at least 4 members (excludes halogenated alkanes) is 4. The topological polar surface area (TPSA) is 251 Å². The predicted octanol–water partition coefficient (Wildman–Crippen LogP) is 2.86. The maximum absolute atomic E-state index is 12.9. The normalized spacial score (nSPS) is 11.2. The minimum absolute atomic E-state index is 0.0177. The van der Waals surface area contributed by atoms with Crippen LogP contribution in [0.2, 0.25) is 0 Å². The van der Waals surface area contributed by atoms with E-state index in [9.17, 15) is 27.6 Å². The molecular formula is C39H53N5O13S. The Hall–Kier alpha value is -5.21. The number of carboxylic acid groups (broad SMARTS) is 2. The van der Waals surface area contributed by atoms with E-state index >= 15 is 0 Å². The van der Waals surface area contributed by atoms with Crippen molar-refractivity contribution in [3.05, 3.63) is 77.6 Å². The van der Waals surface area contributed by atoms with Crippen LogP contribution in [0.3, 0.4) is 0 Å². The molecule has 0 aliphatic heterocycles. The van der Waals surface area contributed by atoms with Gasteiger partial charge in [0, 0.05) is 38.3 Å². The second kappa shape index (κ2) is 27.4. The molecule has 0 saturated heterocycles. The van der Waals surface area contributed by atoms with Gasteiger partial charge in [0.25, 0.3) is 15.9 Å². The van der Waals surface area contributed by atoms with Crippen LogP contribution in [0.15, 0.2) is 65.8 Å². The number of carboxylic acids is 2. The van der Waals surface area contributed by atoms with Crippen molar-refractivity contribution < 1.29 is 61.5 Å². The zero-order valence-electron chi connectivity index (χ0n) is 32.4. The fourth-order valence-electron chi connectivity index (χ4n) is 5.10. The van der Waals surface area contributed by atoms with E-state index in [4.69, 9.17) is 33.9 Å². The Balaban J connectivity index is 1.24. The number of hydrogen-bond acceptors (Lipinski definition) is 13. The second-order valence-electron chi connectivity index (χ2n) is 12.8. The number of ether oxygens (including phenoxy) is 5. The highest BCUT2D eigenvalue weighted by Crippen LogP contribution is 2.19. The number of hydrogen-bond donors (Lipinski definition) is 5. The molecule has 0 aliphatic rings. The highest BCUT2D eigenvalue weighted by Gasteiger charge is 2.17. The molecule has 2 aromatic carbocycles. The lowest BCUT2D eigenvalue weighted by Crippen LogP contribution is -2.31. The number of aromatic nitrogens is 2. The van der Waals surface area contributed by atoms with E-state index in [1.807, 2.05) is 0 Å². The average Bonchev–Trinajstić information content (AvgIpc) is 3.20. The predicted molar refractivity (Wildman–Crippen MR) is 210 cm³/mol. The van der Waals surface area contributed by atoms with Crippen molar-refractivity contribution in [2.45, 2.75) is 56.3 Å². The van der Waals surface area contributed by atoms with Gasteiger partial charge < -0.3 is 44.5 Å². The van der Waals surface area contributed by atoms with Crippen LogP contribution in [-0.2, 0) is 56.2 Å². The summed E-state index contributed by atoms with van der Waals surface area (Å²) in [5.41, 5.74) is 2.50. The number of nitrogens with one attached hydrogen (secondary N) is 3. The molecular weight excluding hydrogens is 779 g/mol. The van der Waals surface area contributed by atoms with Crippen molar-refractivity contribution in [3.8, 4) is 5.75 Å². The molecule has 1 aromatic heterocycles. The van der Waals surface area contributed by atoms with E-state index in [0.717, 1.165) is 44.1 Å². The number of benzene rings is 2. The van der Waals surface area contributed by atoms with Crippen LogP contribution in [0.5, 0.6) is 5.75 Å². The molecule has 0 atom stereocenters. The summed E-state index contributed by atoms with van der Waals surface area (Å²) in [6.45, 7) is 1.38. The SMILES string of the molecule is O=C(O)CCCCCCCc1ccc(CCOc2ccc(S(=O)(=O)Nc3ncc(C(=O)NCCOCCOCC(=O)NCCOCCOCC(=O)O)cn3)cc2)cc1. The van der Waals surface area contributed by atoms with Gasteiger partial charge in [0.1, 0.15) is 19.0 Å². The van der Waals surface area contributed by atoms with Crippen molar-refractivity contribution >= 4 is 39.7 Å². The van der Waals surface area contributed by atoms with Crippen molar-refractivity contribution in [2.24, 2.45) is 0 Å². The molecule has 0 bridgehead atoms. The number of aryl methyl sites for hydroxylation is 1. The fraction of sp³-hybridized carbons (Fsp3) is 0.487. The van der Waals surface area contributed by atoms with Crippen molar-refractivity contribution in [1.29, 1.82) is 0 Å². The van der Waals surface area contributed by atoms with Crippen LogP contribution in [-0.4, -0.2) is 125 Å². The number of amides is 2. The Bertz CT molecular complexity index is 1780. The fourth-order valence-corrected chi connectivity index (χ4v) is 6.06. The minimum atomic E-state index is -4.01. The Morgan fingerprint density at radius 3 is 1.81 bits per heavy atom. The van der Waals surface area contributed by atoms with E-state index in [1.54, 1.807) is 12.1 Å². The van der Waals surface area contributed by atoms with Crippen LogP contribution in [0.1, 0.15) is 60.0 Å². The van der Waals surface area contributed by atoms with E-state index < -0.39 is 34.5 Å². The Morgan fingerprint density at radius 1 is 0.603 bits per heavy atom. The molecule has 19 heteroatoms. The summed E-state index contributed by atoms with van der Waals surface area (Å²) in [7, 11) is -4.01. The van der Waals surface area contributed by atoms with Gasteiger partial charge in [0.2, 0.25) is 11.9 Å². The number of carbonyl (C=O) groups is 4. The smallest absolute Gasteiger partial charge is 0.329 e. The first-order chi connectivity index (χ1) is 28.0. The minimum Gasteiger partial charge on any atom is -0.493 e. The Labute approximate surface area is 338 Å². The van der Waals surface area contributed by atoms with Gasteiger partial charge in [0.15, 0.2) is 0 Å². The number of nitrogens with zero attached hydrogens (tertiary/aromatic N) is 2. The van der Waals surface area contributed by atoms with Crippen LogP contribution in [0, 0.1) is 0 Å². The van der Waals surface area contributed by atoms with Gasteiger partial charge in [-0.05, 0) is 54.7 Å². The molecule has 3 rings (SSSR count). The lowest BCUT2D eigenvalue weighted by Gasteiger charge is -2.10. The number of aliphatic carboxylic acids is 2. The zero-order valence-corrected chi connectivity index (χ0v) is 33.2. The molecule has 318 valence electrons. The Morgan fingerprint density at radius 2 is 1.17 bits per heavy atom. The standard InChI is InChI=1S/C39H53N5O13S/c45-35(40-17-20-53-23-25-56-29-37(48)49)28-55-24-22-54-21-18-41-38(50)32-26-42-39(43-27-32)44-58(51,52)34-14-12-33(13-15-34)57-19-16-31-10-8-30(9-11-31)6-4-2-1-3-5-7-36(46)47/h8-15,26-27H,1-7,16-25,28-29H2,(H,40,45)(H,41,50)(H,46,47)(H,48,49)(H,42,43,44). The molecule has 18 nitrogen and oxygen atoms in total. The van der Waals surface area contributed by atoms with Crippen LogP contribution in [0.25, 0.3) is 0 Å². The molecule has 0 spiro atoms. The summed E-state index contributed by atoms with van der Waals surface area (Å²) >= 11 is 0. The summed E-state index contributed by atoms with van der Waals surface area (Å²) in [4.78, 5) is 53.0. The lowest BCUT2D eigenvalue weighted by molar-refractivity contribution is -0.143. The quantitative estimate of drug-likeness (QED) is 0.0568. The highest BCUT2D eigenvalue weighted by molar-refractivity contribution is 7.92. The lowest BCUT2D eigenvalue weighted by atomic mass is 10.0.